The first-order chi connectivity index (χ1) is 10.3. The van der Waals surface area contributed by atoms with E-state index in [0.29, 0.717) is 13.0 Å². The molecule has 0 aromatic heterocycles. The Morgan fingerprint density at radius 1 is 1.36 bits per heavy atom. The zero-order valence-corrected chi connectivity index (χ0v) is 13.0. The standard InChI is InChI=1S/C14H18F2N2O3S/c1-2-18(10-6-7-22(20,21)9-10)13(19)8-17-14-11(15)4-3-5-12(14)16/h3-5,10,17H,2,6-9H2,1H3. The highest BCUT2D eigenvalue weighted by Crippen LogP contribution is 2.20. The van der Waals surface area contributed by atoms with Gasteiger partial charge >= 0.3 is 0 Å². The van der Waals surface area contributed by atoms with Gasteiger partial charge in [-0.15, -0.1) is 0 Å². The second-order valence-electron chi connectivity index (χ2n) is 5.19. The van der Waals surface area contributed by atoms with Crippen LogP contribution in [0.15, 0.2) is 18.2 Å². The number of halogens is 2. The molecule has 1 aliphatic heterocycles. The van der Waals surface area contributed by atoms with E-state index in [1.165, 1.54) is 11.0 Å². The molecule has 1 N–H and O–H groups in total. The van der Waals surface area contributed by atoms with Crippen LogP contribution in [0.2, 0.25) is 0 Å². The molecule has 1 amide bonds. The first-order valence-electron chi connectivity index (χ1n) is 7.02. The van der Waals surface area contributed by atoms with Gasteiger partial charge in [0.05, 0.1) is 18.1 Å². The molecule has 1 heterocycles. The summed E-state index contributed by atoms with van der Waals surface area (Å²) in [6.45, 7) is 1.80. The second-order valence-corrected chi connectivity index (χ2v) is 7.42. The molecule has 0 bridgehead atoms. The zero-order valence-electron chi connectivity index (χ0n) is 12.2. The quantitative estimate of drug-likeness (QED) is 0.885. The van der Waals surface area contributed by atoms with Crippen LogP contribution in [0.1, 0.15) is 13.3 Å². The van der Waals surface area contributed by atoms with E-state index >= 15 is 0 Å². The van der Waals surface area contributed by atoms with Gasteiger partial charge in [0, 0.05) is 12.6 Å². The highest BCUT2D eigenvalue weighted by Gasteiger charge is 2.33. The maximum absolute atomic E-state index is 13.5. The highest BCUT2D eigenvalue weighted by atomic mass is 32.2. The number of benzene rings is 1. The molecule has 2 rings (SSSR count). The fourth-order valence-corrected chi connectivity index (χ4v) is 4.32. The molecule has 8 heteroatoms. The number of nitrogens with zero attached hydrogens (tertiary/aromatic N) is 1. The number of sulfone groups is 1. The molecule has 0 saturated carbocycles. The van der Waals surface area contributed by atoms with E-state index in [-0.39, 0.29) is 35.7 Å². The third-order valence-electron chi connectivity index (χ3n) is 3.69. The third-order valence-corrected chi connectivity index (χ3v) is 5.44. The summed E-state index contributed by atoms with van der Waals surface area (Å²) in [5.41, 5.74) is -0.356. The fraction of sp³-hybridized carbons (Fsp3) is 0.500. The van der Waals surface area contributed by atoms with Crippen LogP contribution in [0.5, 0.6) is 0 Å². The molecule has 1 aromatic rings. The number of hydrogen-bond donors (Lipinski definition) is 1. The first-order valence-corrected chi connectivity index (χ1v) is 8.84. The first kappa shape index (κ1) is 16.7. The smallest absolute Gasteiger partial charge is 0.242 e. The molecular formula is C14H18F2N2O3S. The van der Waals surface area contributed by atoms with E-state index in [1.807, 2.05) is 0 Å². The van der Waals surface area contributed by atoms with E-state index in [1.54, 1.807) is 6.92 Å². The van der Waals surface area contributed by atoms with Crippen molar-refractivity contribution in [3.8, 4) is 0 Å². The van der Waals surface area contributed by atoms with Gasteiger partial charge in [-0.2, -0.15) is 0 Å². The molecule has 1 fully saturated rings. The van der Waals surface area contributed by atoms with Crippen LogP contribution in [-0.4, -0.2) is 49.9 Å². The Labute approximate surface area is 128 Å². The van der Waals surface area contributed by atoms with Gasteiger partial charge in [-0.3, -0.25) is 4.79 Å². The molecule has 1 unspecified atom stereocenters. The summed E-state index contributed by atoms with van der Waals surface area (Å²) in [4.78, 5) is 13.6. The van der Waals surface area contributed by atoms with E-state index in [2.05, 4.69) is 5.32 Å². The number of carbonyl (C=O) groups is 1. The molecule has 0 radical (unpaired) electrons. The largest absolute Gasteiger partial charge is 0.371 e. The molecule has 122 valence electrons. The molecule has 1 saturated heterocycles. The van der Waals surface area contributed by atoms with Gasteiger partial charge in [-0.25, -0.2) is 17.2 Å². The summed E-state index contributed by atoms with van der Waals surface area (Å²) >= 11 is 0. The predicted molar refractivity (Wildman–Crippen MR) is 79.3 cm³/mol. The Hall–Kier alpha value is -1.70. The summed E-state index contributed by atoms with van der Waals surface area (Å²) in [5.74, 6) is -1.93. The van der Waals surface area contributed by atoms with Crippen LogP contribution in [0.25, 0.3) is 0 Å². The minimum atomic E-state index is -3.10. The predicted octanol–water partition coefficient (Wildman–Crippen LogP) is 1.41. The van der Waals surface area contributed by atoms with Crippen LogP contribution in [0.3, 0.4) is 0 Å². The van der Waals surface area contributed by atoms with Crippen molar-refractivity contribution in [3.63, 3.8) is 0 Å². The van der Waals surface area contributed by atoms with Gasteiger partial charge in [0.1, 0.15) is 17.3 Å². The van der Waals surface area contributed by atoms with Crippen molar-refractivity contribution >= 4 is 21.4 Å². The van der Waals surface area contributed by atoms with Gasteiger partial charge in [0.25, 0.3) is 0 Å². The number of amides is 1. The lowest BCUT2D eigenvalue weighted by atomic mass is 10.2. The Bertz CT molecular complexity index is 644. The fourth-order valence-electron chi connectivity index (χ4n) is 2.59. The SMILES string of the molecule is CCN(C(=O)CNc1c(F)cccc1F)C1CCS(=O)(=O)C1. The lowest BCUT2D eigenvalue weighted by molar-refractivity contribution is -0.130. The highest BCUT2D eigenvalue weighted by molar-refractivity contribution is 7.91. The molecule has 5 nitrogen and oxygen atoms in total. The van der Waals surface area contributed by atoms with Crippen molar-refractivity contribution in [2.45, 2.75) is 19.4 Å². The minimum absolute atomic E-state index is 0.0549. The van der Waals surface area contributed by atoms with Crippen molar-refractivity contribution in [1.29, 1.82) is 0 Å². The zero-order chi connectivity index (χ0) is 16.3. The molecule has 1 aliphatic rings. The van der Waals surface area contributed by atoms with Crippen LogP contribution in [-0.2, 0) is 14.6 Å². The molecule has 0 aliphatic carbocycles. The van der Waals surface area contributed by atoms with Crippen LogP contribution in [0.4, 0.5) is 14.5 Å². The molecule has 0 spiro atoms. The normalized spacial score (nSPS) is 19.9. The van der Waals surface area contributed by atoms with Gasteiger partial charge in [-0.1, -0.05) is 6.07 Å². The second kappa shape index (κ2) is 6.60. The van der Waals surface area contributed by atoms with Crippen molar-refractivity contribution in [2.75, 3.05) is 29.9 Å². The molecule has 1 aromatic carbocycles. The lowest BCUT2D eigenvalue weighted by Gasteiger charge is -2.27. The van der Waals surface area contributed by atoms with Crippen LogP contribution >= 0.6 is 0 Å². The summed E-state index contributed by atoms with van der Waals surface area (Å²) in [6.07, 6.45) is 0.399. The minimum Gasteiger partial charge on any atom is -0.371 e. The number of likely N-dealkylation sites (N-methyl/N-ethyl adjacent to an activating group) is 1. The Kier molecular flexibility index (Phi) is 5.00. The summed E-state index contributed by atoms with van der Waals surface area (Å²) < 4.78 is 50.0. The average Bonchev–Trinajstić information content (AvgIpc) is 2.79. The maximum atomic E-state index is 13.5. The number of nitrogens with one attached hydrogen (secondary N) is 1. The Morgan fingerprint density at radius 3 is 2.50 bits per heavy atom. The van der Waals surface area contributed by atoms with E-state index < -0.39 is 21.5 Å². The third kappa shape index (κ3) is 3.73. The van der Waals surface area contributed by atoms with E-state index in [0.717, 1.165) is 12.1 Å². The maximum Gasteiger partial charge on any atom is 0.242 e. The van der Waals surface area contributed by atoms with Gasteiger partial charge < -0.3 is 10.2 Å². The van der Waals surface area contributed by atoms with E-state index in [4.69, 9.17) is 0 Å². The number of rotatable bonds is 5. The average molecular weight is 332 g/mol. The van der Waals surface area contributed by atoms with Gasteiger partial charge in [0.2, 0.25) is 5.91 Å². The summed E-state index contributed by atoms with van der Waals surface area (Å²) in [7, 11) is -3.10. The van der Waals surface area contributed by atoms with Crippen LogP contribution in [0, 0.1) is 11.6 Å². The van der Waals surface area contributed by atoms with Crippen LogP contribution < -0.4 is 5.32 Å². The van der Waals surface area contributed by atoms with Gasteiger partial charge in [-0.05, 0) is 25.5 Å². The van der Waals surface area contributed by atoms with Crippen molar-refractivity contribution in [3.05, 3.63) is 29.8 Å². The summed E-state index contributed by atoms with van der Waals surface area (Å²) in [5, 5.41) is 2.45. The Balaban J connectivity index is 2.01. The van der Waals surface area contributed by atoms with Crippen molar-refractivity contribution in [2.24, 2.45) is 0 Å². The molecule has 22 heavy (non-hydrogen) atoms. The lowest BCUT2D eigenvalue weighted by Crippen LogP contribution is -2.43. The topological polar surface area (TPSA) is 66.5 Å². The number of para-hydroxylation sites is 1. The number of anilines is 1. The molecule has 1 atom stereocenters. The van der Waals surface area contributed by atoms with Gasteiger partial charge in [0.15, 0.2) is 9.84 Å². The van der Waals surface area contributed by atoms with Crippen molar-refractivity contribution in [1.82, 2.24) is 4.90 Å². The van der Waals surface area contributed by atoms with E-state index in [9.17, 15) is 22.0 Å². The number of hydrogen-bond acceptors (Lipinski definition) is 4. The summed E-state index contributed by atoms with van der Waals surface area (Å²) in [6, 6.07) is 3.06. The monoisotopic (exact) mass is 332 g/mol. The number of carbonyl (C=O) groups excluding carboxylic acids is 1. The molecular weight excluding hydrogens is 314 g/mol. The van der Waals surface area contributed by atoms with Crippen molar-refractivity contribution < 1.29 is 22.0 Å². The Morgan fingerprint density at radius 2 is 2.00 bits per heavy atom.